The number of fused-ring (bicyclic) bond motifs is 2. The largest absolute Gasteiger partial charge is 0.314 e. The van der Waals surface area contributed by atoms with Gasteiger partial charge in [-0.15, -0.1) is 11.3 Å². The zero-order valence-electron chi connectivity index (χ0n) is 10.9. The summed E-state index contributed by atoms with van der Waals surface area (Å²) in [5.74, 6) is 0. The number of nitrogens with one attached hydrogen (secondary N) is 1. The zero-order valence-corrected chi connectivity index (χ0v) is 13.3. The highest BCUT2D eigenvalue weighted by atomic mass is 79.9. The molecular formula is C14H21BrN2S. The van der Waals surface area contributed by atoms with Crippen molar-refractivity contribution in [3.63, 3.8) is 0 Å². The molecule has 2 aliphatic rings. The van der Waals surface area contributed by atoms with Crippen molar-refractivity contribution in [3.05, 3.63) is 20.8 Å². The second-order valence-electron chi connectivity index (χ2n) is 5.51. The zero-order chi connectivity index (χ0) is 12.5. The number of halogens is 1. The second-order valence-corrected chi connectivity index (χ2v) is 7.43. The fraction of sp³-hybridized carbons (Fsp3) is 0.714. The SMILES string of the molecule is CCNC1CC2CCC(C1)N2Cc1cc(Br)cs1. The molecule has 0 saturated carbocycles. The average molecular weight is 329 g/mol. The lowest BCUT2D eigenvalue weighted by Crippen LogP contribution is -2.48. The van der Waals surface area contributed by atoms with E-state index in [0.717, 1.165) is 31.2 Å². The Labute approximate surface area is 122 Å². The molecule has 1 aromatic rings. The Balaban J connectivity index is 1.65. The first-order valence-electron chi connectivity index (χ1n) is 6.98. The Morgan fingerprint density at radius 2 is 2.11 bits per heavy atom. The quantitative estimate of drug-likeness (QED) is 0.908. The third-order valence-corrected chi connectivity index (χ3v) is 6.02. The average Bonchev–Trinajstić information content (AvgIpc) is 2.83. The molecule has 100 valence electrons. The second kappa shape index (κ2) is 5.61. The molecule has 0 amide bonds. The molecule has 2 aliphatic heterocycles. The summed E-state index contributed by atoms with van der Waals surface area (Å²) in [7, 11) is 0. The fourth-order valence-electron chi connectivity index (χ4n) is 3.60. The van der Waals surface area contributed by atoms with Gasteiger partial charge in [0.15, 0.2) is 0 Å². The predicted octanol–water partition coefficient (Wildman–Crippen LogP) is 3.62. The van der Waals surface area contributed by atoms with E-state index in [2.05, 4.69) is 44.5 Å². The molecule has 2 atom stereocenters. The third kappa shape index (κ3) is 2.67. The Kier molecular flexibility index (Phi) is 4.09. The summed E-state index contributed by atoms with van der Waals surface area (Å²) in [5.41, 5.74) is 0. The summed E-state index contributed by atoms with van der Waals surface area (Å²) in [6.45, 7) is 4.49. The van der Waals surface area contributed by atoms with Gasteiger partial charge in [0, 0.05) is 39.4 Å². The summed E-state index contributed by atoms with van der Waals surface area (Å²) < 4.78 is 1.23. The van der Waals surface area contributed by atoms with Crippen molar-refractivity contribution in [2.24, 2.45) is 0 Å². The van der Waals surface area contributed by atoms with E-state index in [1.807, 2.05) is 11.3 Å². The molecule has 3 rings (SSSR count). The van der Waals surface area contributed by atoms with Crippen LogP contribution in [0.2, 0.25) is 0 Å². The minimum absolute atomic E-state index is 0.763. The van der Waals surface area contributed by atoms with Crippen molar-refractivity contribution in [3.8, 4) is 0 Å². The molecule has 2 saturated heterocycles. The van der Waals surface area contributed by atoms with Crippen LogP contribution in [-0.4, -0.2) is 29.6 Å². The van der Waals surface area contributed by atoms with E-state index in [9.17, 15) is 0 Å². The molecule has 1 aromatic heterocycles. The van der Waals surface area contributed by atoms with Crippen LogP contribution in [0.4, 0.5) is 0 Å². The topological polar surface area (TPSA) is 15.3 Å². The first kappa shape index (κ1) is 13.1. The molecule has 18 heavy (non-hydrogen) atoms. The van der Waals surface area contributed by atoms with Gasteiger partial charge in [-0.25, -0.2) is 0 Å². The summed E-state index contributed by atoms with van der Waals surface area (Å²) >= 11 is 5.44. The van der Waals surface area contributed by atoms with Gasteiger partial charge in [0.2, 0.25) is 0 Å². The third-order valence-electron chi connectivity index (χ3n) is 4.34. The van der Waals surface area contributed by atoms with E-state index < -0.39 is 0 Å². The van der Waals surface area contributed by atoms with Crippen LogP contribution >= 0.6 is 27.3 Å². The van der Waals surface area contributed by atoms with E-state index >= 15 is 0 Å². The van der Waals surface area contributed by atoms with E-state index in [4.69, 9.17) is 0 Å². The van der Waals surface area contributed by atoms with Gasteiger partial charge in [-0.1, -0.05) is 6.92 Å². The van der Waals surface area contributed by atoms with Crippen molar-refractivity contribution >= 4 is 27.3 Å². The van der Waals surface area contributed by atoms with Gasteiger partial charge in [-0.3, -0.25) is 4.90 Å². The molecule has 3 heterocycles. The Hall–Kier alpha value is 0.1000. The van der Waals surface area contributed by atoms with Gasteiger partial charge in [0.05, 0.1) is 0 Å². The molecule has 0 radical (unpaired) electrons. The van der Waals surface area contributed by atoms with Crippen molar-refractivity contribution in [2.45, 2.75) is 57.3 Å². The maximum absolute atomic E-state index is 3.64. The Bertz CT molecular complexity index is 392. The minimum Gasteiger partial charge on any atom is -0.314 e. The number of rotatable bonds is 4. The number of hydrogen-bond donors (Lipinski definition) is 1. The molecular weight excluding hydrogens is 308 g/mol. The summed E-state index contributed by atoms with van der Waals surface area (Å²) in [6.07, 6.45) is 5.49. The molecule has 0 aliphatic carbocycles. The first-order valence-corrected chi connectivity index (χ1v) is 8.65. The molecule has 2 nitrogen and oxygen atoms in total. The monoisotopic (exact) mass is 328 g/mol. The molecule has 2 unspecified atom stereocenters. The lowest BCUT2D eigenvalue weighted by molar-refractivity contribution is 0.111. The van der Waals surface area contributed by atoms with Crippen LogP contribution < -0.4 is 5.32 Å². The van der Waals surface area contributed by atoms with Crippen LogP contribution in [0.1, 0.15) is 37.5 Å². The molecule has 2 fully saturated rings. The highest BCUT2D eigenvalue weighted by molar-refractivity contribution is 9.10. The predicted molar refractivity (Wildman–Crippen MR) is 81.1 cm³/mol. The highest BCUT2D eigenvalue weighted by Crippen LogP contribution is 2.37. The van der Waals surface area contributed by atoms with Gasteiger partial charge >= 0.3 is 0 Å². The van der Waals surface area contributed by atoms with E-state index in [-0.39, 0.29) is 0 Å². The van der Waals surface area contributed by atoms with Gasteiger partial charge in [-0.05, 0) is 54.2 Å². The number of piperidine rings is 1. The van der Waals surface area contributed by atoms with E-state index in [1.165, 1.54) is 35.0 Å². The number of nitrogens with zero attached hydrogens (tertiary/aromatic N) is 1. The van der Waals surface area contributed by atoms with Crippen LogP contribution in [0.3, 0.4) is 0 Å². The van der Waals surface area contributed by atoms with Crippen molar-refractivity contribution in [2.75, 3.05) is 6.54 Å². The maximum atomic E-state index is 3.64. The van der Waals surface area contributed by atoms with Crippen LogP contribution in [0.25, 0.3) is 0 Å². The standard InChI is InChI=1S/C14H21BrN2S/c1-2-16-11-6-12-3-4-13(7-11)17(12)8-14-5-10(15)9-18-14/h5,9,11-13,16H,2-4,6-8H2,1H3. The van der Waals surface area contributed by atoms with Gasteiger partial charge in [-0.2, -0.15) is 0 Å². The van der Waals surface area contributed by atoms with Gasteiger partial charge < -0.3 is 5.32 Å². The van der Waals surface area contributed by atoms with Gasteiger partial charge in [0.25, 0.3) is 0 Å². The van der Waals surface area contributed by atoms with Gasteiger partial charge in [0.1, 0.15) is 0 Å². The van der Waals surface area contributed by atoms with Crippen LogP contribution in [0.5, 0.6) is 0 Å². The van der Waals surface area contributed by atoms with E-state index in [1.54, 1.807) is 0 Å². The Morgan fingerprint density at radius 3 is 2.67 bits per heavy atom. The Morgan fingerprint density at radius 1 is 1.39 bits per heavy atom. The number of thiophene rings is 1. The lowest BCUT2D eigenvalue weighted by Gasteiger charge is -2.39. The van der Waals surface area contributed by atoms with Crippen LogP contribution in [0.15, 0.2) is 15.9 Å². The molecule has 2 bridgehead atoms. The van der Waals surface area contributed by atoms with Crippen molar-refractivity contribution < 1.29 is 0 Å². The fourth-order valence-corrected chi connectivity index (χ4v) is 5.06. The minimum atomic E-state index is 0.763. The molecule has 0 spiro atoms. The normalized spacial score (nSPS) is 32.0. The van der Waals surface area contributed by atoms with Crippen molar-refractivity contribution in [1.82, 2.24) is 10.2 Å². The molecule has 1 N–H and O–H groups in total. The first-order chi connectivity index (χ1) is 8.76. The lowest BCUT2D eigenvalue weighted by atomic mass is 9.97. The maximum Gasteiger partial charge on any atom is 0.0334 e. The summed E-state index contributed by atoms with van der Waals surface area (Å²) in [5, 5.41) is 5.84. The summed E-state index contributed by atoms with van der Waals surface area (Å²) in [6, 6.07) is 4.67. The van der Waals surface area contributed by atoms with Crippen LogP contribution in [-0.2, 0) is 6.54 Å². The smallest absolute Gasteiger partial charge is 0.0334 e. The van der Waals surface area contributed by atoms with Crippen molar-refractivity contribution in [1.29, 1.82) is 0 Å². The molecule has 4 heteroatoms. The van der Waals surface area contributed by atoms with Crippen LogP contribution in [0, 0.1) is 0 Å². The van der Waals surface area contributed by atoms with E-state index in [0.29, 0.717) is 0 Å². The number of hydrogen-bond acceptors (Lipinski definition) is 3. The molecule has 0 aromatic carbocycles. The summed E-state index contributed by atoms with van der Waals surface area (Å²) in [4.78, 5) is 4.26. The highest BCUT2D eigenvalue weighted by Gasteiger charge is 2.40.